The van der Waals surface area contributed by atoms with E-state index in [1.165, 1.54) is 25.4 Å². The second-order valence-electron chi connectivity index (χ2n) is 6.00. The van der Waals surface area contributed by atoms with Crippen molar-refractivity contribution in [3.63, 3.8) is 0 Å². The molecule has 3 aromatic rings. The summed E-state index contributed by atoms with van der Waals surface area (Å²) in [5, 5.41) is 2.85. The zero-order valence-electron chi connectivity index (χ0n) is 16.2. The maximum absolute atomic E-state index is 12.9. The van der Waals surface area contributed by atoms with Gasteiger partial charge in [0.25, 0.3) is 0 Å². The van der Waals surface area contributed by atoms with Crippen molar-refractivity contribution in [3.05, 3.63) is 57.8 Å². The highest BCUT2D eigenvalue weighted by Crippen LogP contribution is 2.50. The highest BCUT2D eigenvalue weighted by atomic mass is 35.5. The van der Waals surface area contributed by atoms with Gasteiger partial charge in [0.2, 0.25) is 0 Å². The number of hydrogen-bond acceptors (Lipinski definition) is 5. The van der Waals surface area contributed by atoms with Gasteiger partial charge in [0.05, 0.1) is 25.6 Å². The third-order valence-corrected chi connectivity index (χ3v) is 5.31. The number of ether oxygens (including phenoxy) is 2. The molecular formula is C20H17Cl3N4O3. The molecule has 7 nitrogen and oxygen atoms in total. The van der Waals surface area contributed by atoms with Crippen molar-refractivity contribution in [3.8, 4) is 22.8 Å². The minimum Gasteiger partial charge on any atom is -0.493 e. The molecule has 0 unspecified atom stereocenters. The molecule has 10 heteroatoms. The van der Waals surface area contributed by atoms with Crippen molar-refractivity contribution < 1.29 is 14.3 Å². The van der Waals surface area contributed by atoms with E-state index in [0.29, 0.717) is 11.5 Å². The van der Waals surface area contributed by atoms with Crippen LogP contribution in [0.25, 0.3) is 11.3 Å². The van der Waals surface area contributed by atoms with Gasteiger partial charge < -0.3 is 14.8 Å². The van der Waals surface area contributed by atoms with Gasteiger partial charge in [0, 0.05) is 18.7 Å². The van der Waals surface area contributed by atoms with E-state index in [-0.39, 0.29) is 32.3 Å². The van der Waals surface area contributed by atoms with Gasteiger partial charge in [-0.2, -0.15) is 0 Å². The Balaban J connectivity index is 1.92. The number of carbonyl (C=O) groups excluding carboxylic acids is 1. The van der Waals surface area contributed by atoms with Crippen molar-refractivity contribution in [1.82, 2.24) is 9.97 Å². The van der Waals surface area contributed by atoms with E-state index in [2.05, 4.69) is 15.3 Å². The Kier molecular flexibility index (Phi) is 6.87. The van der Waals surface area contributed by atoms with Crippen LogP contribution in [-0.2, 0) is 0 Å². The van der Waals surface area contributed by atoms with Gasteiger partial charge in [-0.15, -0.1) is 0 Å². The molecule has 0 saturated carbocycles. The van der Waals surface area contributed by atoms with Crippen LogP contribution in [0.3, 0.4) is 0 Å². The van der Waals surface area contributed by atoms with Gasteiger partial charge in [-0.05, 0) is 0 Å². The first kappa shape index (κ1) is 22.0. The summed E-state index contributed by atoms with van der Waals surface area (Å²) >= 11 is 18.9. The second kappa shape index (κ2) is 9.38. The van der Waals surface area contributed by atoms with E-state index >= 15 is 0 Å². The van der Waals surface area contributed by atoms with Crippen LogP contribution in [0.1, 0.15) is 0 Å². The summed E-state index contributed by atoms with van der Waals surface area (Å²) in [6, 6.07) is 10.7. The Bertz CT molecular complexity index is 1050. The molecular weight excluding hydrogens is 451 g/mol. The monoisotopic (exact) mass is 466 g/mol. The van der Waals surface area contributed by atoms with Gasteiger partial charge in [0.15, 0.2) is 11.5 Å². The number of carbonyl (C=O) groups is 1. The Morgan fingerprint density at radius 3 is 2.13 bits per heavy atom. The zero-order chi connectivity index (χ0) is 21.8. The number of hydrogen-bond donors (Lipinski definition) is 1. The van der Waals surface area contributed by atoms with E-state index in [4.69, 9.17) is 44.3 Å². The fourth-order valence-electron chi connectivity index (χ4n) is 2.68. The number of nitrogens with one attached hydrogen (secondary N) is 1. The summed E-state index contributed by atoms with van der Waals surface area (Å²) < 4.78 is 10.4. The average Bonchev–Trinajstić information content (AvgIpc) is 2.77. The van der Waals surface area contributed by atoms with E-state index in [1.54, 1.807) is 13.1 Å². The largest absolute Gasteiger partial charge is 0.493 e. The molecule has 0 aliphatic carbocycles. The molecule has 2 aromatic carbocycles. The molecule has 30 heavy (non-hydrogen) atoms. The van der Waals surface area contributed by atoms with Crippen molar-refractivity contribution in [2.45, 2.75) is 0 Å². The number of nitrogens with zero attached hydrogens (tertiary/aromatic N) is 3. The average molecular weight is 468 g/mol. The molecule has 156 valence electrons. The number of urea groups is 1. The number of anilines is 2. The van der Waals surface area contributed by atoms with E-state index < -0.39 is 6.03 Å². The van der Waals surface area contributed by atoms with Crippen LogP contribution in [-0.4, -0.2) is 37.3 Å². The lowest BCUT2D eigenvalue weighted by Crippen LogP contribution is -2.32. The Hall–Kier alpha value is -2.74. The summed E-state index contributed by atoms with van der Waals surface area (Å²) in [6.45, 7) is 0. The predicted molar refractivity (Wildman–Crippen MR) is 119 cm³/mol. The maximum Gasteiger partial charge on any atom is 0.327 e. The first-order chi connectivity index (χ1) is 14.4. The fourth-order valence-corrected chi connectivity index (χ4v) is 3.79. The number of benzene rings is 2. The summed E-state index contributed by atoms with van der Waals surface area (Å²) in [4.78, 5) is 22.6. The van der Waals surface area contributed by atoms with Crippen LogP contribution < -0.4 is 19.7 Å². The maximum atomic E-state index is 12.9. The lowest BCUT2D eigenvalue weighted by Gasteiger charge is -2.21. The lowest BCUT2D eigenvalue weighted by molar-refractivity contribution is 0.258. The van der Waals surface area contributed by atoms with Gasteiger partial charge in [-0.25, -0.2) is 14.8 Å². The number of aromatic nitrogens is 2. The number of rotatable bonds is 5. The van der Waals surface area contributed by atoms with Gasteiger partial charge in [-0.3, -0.25) is 4.90 Å². The van der Waals surface area contributed by atoms with Crippen LogP contribution in [0, 0.1) is 0 Å². The zero-order valence-corrected chi connectivity index (χ0v) is 18.5. The van der Waals surface area contributed by atoms with E-state index in [0.717, 1.165) is 5.56 Å². The van der Waals surface area contributed by atoms with Crippen molar-refractivity contribution >= 4 is 52.3 Å². The molecule has 1 N–H and O–H groups in total. The van der Waals surface area contributed by atoms with E-state index in [9.17, 15) is 4.79 Å². The number of amides is 2. The fraction of sp³-hybridized carbons (Fsp3) is 0.150. The first-order valence-corrected chi connectivity index (χ1v) is 9.73. The topological polar surface area (TPSA) is 76.6 Å². The Morgan fingerprint density at radius 2 is 1.57 bits per heavy atom. The van der Waals surface area contributed by atoms with Crippen molar-refractivity contribution in [2.75, 3.05) is 31.5 Å². The predicted octanol–water partition coefficient (Wildman–Crippen LogP) is 5.79. The molecule has 0 saturated heterocycles. The van der Waals surface area contributed by atoms with Crippen LogP contribution in [0.4, 0.5) is 16.3 Å². The molecule has 0 aliphatic heterocycles. The Morgan fingerprint density at radius 1 is 0.967 bits per heavy atom. The molecule has 0 spiro atoms. The quantitative estimate of drug-likeness (QED) is 0.514. The highest BCUT2D eigenvalue weighted by molar-refractivity contribution is 6.45. The summed E-state index contributed by atoms with van der Waals surface area (Å²) in [5.74, 6) is 0.637. The molecule has 0 fully saturated rings. The lowest BCUT2D eigenvalue weighted by atomic mass is 10.1. The molecule has 1 aromatic heterocycles. The SMILES string of the molecule is COc1c(Cl)c(NC(=O)N(C)c2cc(-c3ccccc3)ncn2)c(Cl)c(OC)c1Cl. The molecule has 0 atom stereocenters. The molecule has 0 bridgehead atoms. The minimum atomic E-state index is -0.539. The van der Waals surface area contributed by atoms with Crippen LogP contribution in [0.5, 0.6) is 11.5 Å². The third-order valence-electron chi connectivity index (χ3n) is 4.25. The summed E-state index contributed by atoms with van der Waals surface area (Å²) in [6.07, 6.45) is 1.38. The third kappa shape index (κ3) is 4.23. The molecule has 3 rings (SSSR count). The van der Waals surface area contributed by atoms with Gasteiger partial charge in [0.1, 0.15) is 27.2 Å². The van der Waals surface area contributed by atoms with Crippen LogP contribution >= 0.6 is 34.8 Å². The number of methoxy groups -OCH3 is 2. The normalized spacial score (nSPS) is 10.5. The highest BCUT2D eigenvalue weighted by Gasteiger charge is 2.25. The smallest absolute Gasteiger partial charge is 0.327 e. The molecule has 0 radical (unpaired) electrons. The van der Waals surface area contributed by atoms with Crippen molar-refractivity contribution in [2.24, 2.45) is 0 Å². The Labute approximate surface area is 188 Å². The van der Waals surface area contributed by atoms with Crippen LogP contribution in [0.2, 0.25) is 15.1 Å². The minimum absolute atomic E-state index is 0.0442. The molecule has 1 heterocycles. The van der Waals surface area contributed by atoms with Crippen LogP contribution in [0.15, 0.2) is 42.7 Å². The summed E-state index contributed by atoms with van der Waals surface area (Å²) in [7, 11) is 4.34. The first-order valence-electron chi connectivity index (χ1n) is 8.59. The second-order valence-corrected chi connectivity index (χ2v) is 7.13. The van der Waals surface area contributed by atoms with Gasteiger partial charge in [-0.1, -0.05) is 65.1 Å². The molecule has 2 amide bonds. The van der Waals surface area contributed by atoms with Crippen molar-refractivity contribution in [1.29, 1.82) is 0 Å². The summed E-state index contributed by atoms with van der Waals surface area (Å²) in [5.41, 5.74) is 1.67. The van der Waals surface area contributed by atoms with Gasteiger partial charge >= 0.3 is 6.03 Å². The standard InChI is InChI=1S/C20H17Cl3N4O3/c1-27(13-9-12(24-10-25-13)11-7-5-4-6-8-11)20(28)26-17-14(21)18(29-2)16(23)19(30-3)15(17)22/h4-10H,1-3H3,(H,26,28). The number of halogens is 3. The molecule has 0 aliphatic rings. The van der Waals surface area contributed by atoms with E-state index in [1.807, 2.05) is 30.3 Å².